The summed E-state index contributed by atoms with van der Waals surface area (Å²) in [6.45, 7) is 3.10. The number of nitrogens with zero attached hydrogens (tertiary/aromatic N) is 1. The number of amides is 1. The summed E-state index contributed by atoms with van der Waals surface area (Å²) in [7, 11) is 0. The third-order valence-corrected chi connectivity index (χ3v) is 9.01. The minimum atomic E-state index is -0.442. The number of ether oxygens (including phenoxy) is 1. The second-order valence-electron chi connectivity index (χ2n) is 10.3. The van der Waals surface area contributed by atoms with Crippen molar-refractivity contribution in [3.8, 4) is 5.75 Å². The van der Waals surface area contributed by atoms with Crippen molar-refractivity contribution in [2.45, 2.75) is 36.1 Å². The Kier molecular flexibility index (Phi) is 5.82. The van der Waals surface area contributed by atoms with Gasteiger partial charge in [-0.3, -0.25) is 4.79 Å². The smallest absolute Gasteiger partial charge is 0.210 e. The van der Waals surface area contributed by atoms with Gasteiger partial charge in [-0.05, 0) is 54.5 Å². The number of fused-ring (bicyclic) bond motifs is 2. The number of likely N-dealkylation sites (tertiary alicyclic amines) is 1. The molecule has 0 radical (unpaired) electrons. The molecule has 3 heterocycles. The fraction of sp³-hybridized carbons (Fsp3) is 0.367. The molecule has 0 bridgehead atoms. The average Bonchev–Trinajstić information content (AvgIpc) is 3.34. The van der Waals surface area contributed by atoms with Crippen LogP contribution in [0.15, 0.2) is 78.9 Å². The van der Waals surface area contributed by atoms with E-state index in [9.17, 15) is 4.79 Å². The predicted molar refractivity (Wildman–Crippen MR) is 139 cm³/mol. The van der Waals surface area contributed by atoms with Gasteiger partial charge >= 0.3 is 0 Å². The van der Waals surface area contributed by atoms with Crippen molar-refractivity contribution in [3.05, 3.63) is 101 Å². The molecule has 3 aromatic carbocycles. The van der Waals surface area contributed by atoms with Gasteiger partial charge < -0.3 is 15.0 Å². The van der Waals surface area contributed by atoms with Crippen LogP contribution < -0.4 is 10.1 Å². The Labute approximate surface area is 212 Å². The van der Waals surface area contributed by atoms with E-state index in [4.69, 9.17) is 16.3 Å². The highest BCUT2D eigenvalue weighted by atomic mass is 35.5. The number of hydrogen-bond acceptors (Lipinski definition) is 3. The zero-order valence-electron chi connectivity index (χ0n) is 19.8. The van der Waals surface area contributed by atoms with Gasteiger partial charge in [-0.15, -0.1) is 0 Å². The molecule has 2 saturated heterocycles. The summed E-state index contributed by atoms with van der Waals surface area (Å²) >= 11 is 6.54. The zero-order chi connectivity index (χ0) is 23.9. The molecule has 0 unspecified atom stereocenters. The fourth-order valence-corrected chi connectivity index (χ4v) is 7.40. The second kappa shape index (κ2) is 9.00. The summed E-state index contributed by atoms with van der Waals surface area (Å²) < 4.78 is 6.11. The molecule has 3 aromatic rings. The van der Waals surface area contributed by atoms with Crippen LogP contribution in [-0.4, -0.2) is 37.6 Å². The van der Waals surface area contributed by atoms with Gasteiger partial charge in [0.15, 0.2) is 0 Å². The standard InChI is InChI=1S/C30H31ClN2O2/c31-25-11-12-27-26(17-25)29(14-16-35-27)20-32-19-28(29)30(24-9-5-2-6-10-24)18-23(13-15-33(30)21-34)22-7-3-1-4-8-22/h1-12,17,21,23,28,32H,13-16,18-20H2/t23-,28-,29+,30-/m1/s1. The fourth-order valence-electron chi connectivity index (χ4n) is 7.22. The topological polar surface area (TPSA) is 41.6 Å². The average molecular weight is 487 g/mol. The molecule has 5 heteroatoms. The lowest BCUT2D eigenvalue weighted by Gasteiger charge is -2.56. The van der Waals surface area contributed by atoms with Gasteiger partial charge in [0.05, 0.1) is 12.1 Å². The largest absolute Gasteiger partial charge is 0.493 e. The third-order valence-electron chi connectivity index (χ3n) is 8.78. The van der Waals surface area contributed by atoms with Gasteiger partial charge in [0, 0.05) is 41.6 Å². The van der Waals surface area contributed by atoms with E-state index in [1.165, 1.54) is 16.7 Å². The van der Waals surface area contributed by atoms with Crippen molar-refractivity contribution in [3.63, 3.8) is 0 Å². The SMILES string of the molecule is O=CN1CC[C@@H](c2ccccc2)C[C@@]1(c1ccccc1)[C@@H]1CNC[C@]12CCOc1ccc(Cl)cc12. The molecule has 4 atom stereocenters. The van der Waals surface area contributed by atoms with Crippen LogP contribution in [0.5, 0.6) is 5.75 Å². The van der Waals surface area contributed by atoms with Crippen LogP contribution in [0.1, 0.15) is 41.9 Å². The van der Waals surface area contributed by atoms with Crippen molar-refractivity contribution in [2.24, 2.45) is 5.92 Å². The summed E-state index contributed by atoms with van der Waals surface area (Å²) in [5, 5.41) is 4.47. The van der Waals surface area contributed by atoms with Crippen molar-refractivity contribution >= 4 is 18.0 Å². The highest BCUT2D eigenvalue weighted by molar-refractivity contribution is 6.30. The zero-order valence-corrected chi connectivity index (χ0v) is 20.6. The molecule has 35 heavy (non-hydrogen) atoms. The quantitative estimate of drug-likeness (QED) is 0.494. The van der Waals surface area contributed by atoms with E-state index in [0.29, 0.717) is 12.5 Å². The number of carbonyl (C=O) groups excluding carboxylic acids is 1. The van der Waals surface area contributed by atoms with Gasteiger partial charge in [-0.25, -0.2) is 0 Å². The molecule has 6 rings (SSSR count). The molecule has 0 aromatic heterocycles. The summed E-state index contributed by atoms with van der Waals surface area (Å²) in [4.78, 5) is 14.9. The maximum Gasteiger partial charge on any atom is 0.210 e. The third kappa shape index (κ3) is 3.57. The van der Waals surface area contributed by atoms with E-state index in [2.05, 4.69) is 76.9 Å². The second-order valence-corrected chi connectivity index (χ2v) is 10.7. The molecule has 3 aliphatic rings. The van der Waals surface area contributed by atoms with Crippen LogP contribution in [0, 0.1) is 5.92 Å². The number of piperidine rings is 1. The molecule has 1 spiro atoms. The van der Waals surface area contributed by atoms with E-state index in [0.717, 1.165) is 56.1 Å². The van der Waals surface area contributed by atoms with Crippen molar-refractivity contribution in [2.75, 3.05) is 26.2 Å². The molecular weight excluding hydrogens is 456 g/mol. The first kappa shape index (κ1) is 22.6. The van der Waals surface area contributed by atoms with Crippen LogP contribution in [0.4, 0.5) is 0 Å². The molecular formula is C30H31ClN2O2. The molecule has 1 N–H and O–H groups in total. The lowest BCUT2D eigenvalue weighted by Crippen LogP contribution is -2.60. The van der Waals surface area contributed by atoms with Crippen molar-refractivity contribution in [1.29, 1.82) is 0 Å². The number of halogens is 1. The minimum absolute atomic E-state index is 0.172. The molecule has 2 fully saturated rings. The van der Waals surface area contributed by atoms with Crippen LogP contribution in [0.2, 0.25) is 5.02 Å². The summed E-state index contributed by atoms with van der Waals surface area (Å²) in [6.07, 6.45) is 3.86. The van der Waals surface area contributed by atoms with Crippen LogP contribution >= 0.6 is 11.6 Å². The predicted octanol–water partition coefficient (Wildman–Crippen LogP) is 5.51. The Hall–Kier alpha value is -2.82. The number of benzene rings is 3. The Morgan fingerprint density at radius 3 is 2.57 bits per heavy atom. The molecule has 0 aliphatic carbocycles. The summed E-state index contributed by atoms with van der Waals surface area (Å²) in [5.41, 5.74) is 3.13. The minimum Gasteiger partial charge on any atom is -0.493 e. The maximum absolute atomic E-state index is 12.8. The Morgan fingerprint density at radius 2 is 1.80 bits per heavy atom. The van der Waals surface area contributed by atoms with E-state index >= 15 is 0 Å². The Balaban J connectivity index is 1.55. The normalized spacial score (nSPS) is 30.0. The first-order valence-corrected chi connectivity index (χ1v) is 13.0. The summed E-state index contributed by atoms with van der Waals surface area (Å²) in [6, 6.07) is 27.5. The van der Waals surface area contributed by atoms with Crippen LogP contribution in [-0.2, 0) is 15.7 Å². The van der Waals surface area contributed by atoms with E-state index in [1.54, 1.807) is 0 Å². The van der Waals surface area contributed by atoms with Gasteiger partial charge in [-0.2, -0.15) is 0 Å². The number of hydrogen-bond donors (Lipinski definition) is 1. The lowest BCUT2D eigenvalue weighted by molar-refractivity contribution is -0.132. The highest BCUT2D eigenvalue weighted by Gasteiger charge is 2.60. The molecule has 0 saturated carbocycles. The monoisotopic (exact) mass is 486 g/mol. The molecule has 1 amide bonds. The van der Waals surface area contributed by atoms with E-state index in [1.807, 2.05) is 12.1 Å². The van der Waals surface area contributed by atoms with Gasteiger partial charge in [0.1, 0.15) is 5.75 Å². The highest BCUT2D eigenvalue weighted by Crippen LogP contribution is 2.58. The molecule has 180 valence electrons. The van der Waals surface area contributed by atoms with Crippen molar-refractivity contribution < 1.29 is 9.53 Å². The van der Waals surface area contributed by atoms with E-state index in [-0.39, 0.29) is 11.3 Å². The first-order chi connectivity index (χ1) is 17.2. The Bertz CT molecular complexity index is 1200. The Morgan fingerprint density at radius 1 is 1.03 bits per heavy atom. The molecule has 4 nitrogen and oxygen atoms in total. The molecule has 3 aliphatic heterocycles. The van der Waals surface area contributed by atoms with Gasteiger partial charge in [0.2, 0.25) is 6.41 Å². The number of nitrogens with one attached hydrogen (secondary N) is 1. The lowest BCUT2D eigenvalue weighted by atomic mass is 9.56. The van der Waals surface area contributed by atoms with Gasteiger partial charge in [0.25, 0.3) is 0 Å². The number of rotatable bonds is 4. The first-order valence-electron chi connectivity index (χ1n) is 12.6. The van der Waals surface area contributed by atoms with Crippen molar-refractivity contribution in [1.82, 2.24) is 10.2 Å². The summed E-state index contributed by atoms with van der Waals surface area (Å²) in [5.74, 6) is 1.48. The van der Waals surface area contributed by atoms with E-state index < -0.39 is 5.54 Å². The maximum atomic E-state index is 12.8. The van der Waals surface area contributed by atoms with Crippen LogP contribution in [0.25, 0.3) is 0 Å². The number of carbonyl (C=O) groups is 1. The van der Waals surface area contributed by atoms with Gasteiger partial charge in [-0.1, -0.05) is 72.3 Å². The van der Waals surface area contributed by atoms with Crippen LogP contribution in [0.3, 0.4) is 0 Å².